The summed E-state index contributed by atoms with van der Waals surface area (Å²) in [7, 11) is 0. The average molecular weight is 364 g/mol. The van der Waals surface area contributed by atoms with E-state index >= 15 is 0 Å². The summed E-state index contributed by atoms with van der Waals surface area (Å²) in [5.74, 6) is 0. The Morgan fingerprint density at radius 3 is 1.93 bits per heavy atom. The van der Waals surface area contributed by atoms with Crippen molar-refractivity contribution in [2.24, 2.45) is 0 Å². The van der Waals surface area contributed by atoms with Gasteiger partial charge >= 0.3 is 0 Å². The first-order valence-electron chi connectivity index (χ1n) is 11.2. The third kappa shape index (κ3) is 8.78. The van der Waals surface area contributed by atoms with Gasteiger partial charge in [0, 0.05) is 0 Å². The summed E-state index contributed by atoms with van der Waals surface area (Å²) in [4.78, 5) is 0. The molecule has 0 heteroatoms. The van der Waals surface area contributed by atoms with Crippen molar-refractivity contribution in [3.8, 4) is 0 Å². The van der Waals surface area contributed by atoms with Crippen molar-refractivity contribution in [2.45, 2.75) is 97.8 Å². The number of unbranched alkanes of at least 4 members (excludes halogenated alkanes) is 9. The van der Waals surface area contributed by atoms with E-state index in [9.17, 15) is 0 Å². The monoisotopic (exact) mass is 363 g/mol. The third-order valence-electron chi connectivity index (χ3n) is 5.50. The Labute approximate surface area is 168 Å². The van der Waals surface area contributed by atoms with Crippen LogP contribution in [0.4, 0.5) is 0 Å². The Morgan fingerprint density at radius 2 is 1.30 bits per heavy atom. The number of aryl methyl sites for hydroxylation is 3. The van der Waals surface area contributed by atoms with E-state index in [1.165, 1.54) is 98.4 Å². The lowest BCUT2D eigenvalue weighted by molar-refractivity contribution is 0.556. The SMILES string of the molecule is CCCCCCCCCCCCc1ccccc1Cc1[c]c(C)cc(C)c1. The topological polar surface area (TPSA) is 0 Å². The van der Waals surface area contributed by atoms with Crippen LogP contribution < -0.4 is 0 Å². The molecule has 0 fully saturated rings. The van der Waals surface area contributed by atoms with Crippen molar-refractivity contribution in [1.29, 1.82) is 0 Å². The molecule has 0 aromatic heterocycles. The Morgan fingerprint density at radius 1 is 0.704 bits per heavy atom. The van der Waals surface area contributed by atoms with Gasteiger partial charge in [0.15, 0.2) is 0 Å². The van der Waals surface area contributed by atoms with Crippen LogP contribution in [0.15, 0.2) is 36.4 Å². The minimum atomic E-state index is 1.01. The summed E-state index contributed by atoms with van der Waals surface area (Å²) in [6.07, 6.45) is 16.3. The molecule has 0 N–H and O–H groups in total. The van der Waals surface area contributed by atoms with Crippen LogP contribution in [0.25, 0.3) is 0 Å². The fraction of sp³-hybridized carbons (Fsp3) is 0.556. The summed E-state index contributed by atoms with van der Waals surface area (Å²) in [5.41, 5.74) is 6.92. The Balaban J connectivity index is 1.71. The van der Waals surface area contributed by atoms with Crippen molar-refractivity contribution in [1.82, 2.24) is 0 Å². The maximum absolute atomic E-state index is 3.53. The second-order valence-electron chi connectivity index (χ2n) is 8.24. The Hall–Kier alpha value is -1.56. The highest BCUT2D eigenvalue weighted by Gasteiger charge is 2.05. The number of hydrogen-bond acceptors (Lipinski definition) is 0. The molecule has 0 aliphatic heterocycles. The highest BCUT2D eigenvalue weighted by Crippen LogP contribution is 2.19. The lowest BCUT2D eigenvalue weighted by Gasteiger charge is -2.11. The van der Waals surface area contributed by atoms with Gasteiger partial charge in [-0.3, -0.25) is 0 Å². The maximum atomic E-state index is 3.53. The average Bonchev–Trinajstić information content (AvgIpc) is 2.64. The van der Waals surface area contributed by atoms with Gasteiger partial charge in [0.1, 0.15) is 0 Å². The molecule has 0 aliphatic rings. The molecule has 0 nitrogen and oxygen atoms in total. The predicted molar refractivity (Wildman–Crippen MR) is 120 cm³/mol. The first-order chi connectivity index (χ1) is 13.2. The van der Waals surface area contributed by atoms with Gasteiger partial charge in [0.25, 0.3) is 0 Å². The Kier molecular flexibility index (Phi) is 10.3. The smallest absolute Gasteiger partial charge is 0.00167 e. The van der Waals surface area contributed by atoms with Gasteiger partial charge < -0.3 is 0 Å². The van der Waals surface area contributed by atoms with Gasteiger partial charge in [-0.05, 0) is 61.4 Å². The van der Waals surface area contributed by atoms with Crippen LogP contribution >= 0.6 is 0 Å². The third-order valence-corrected chi connectivity index (χ3v) is 5.50. The van der Waals surface area contributed by atoms with Crippen molar-refractivity contribution in [2.75, 3.05) is 0 Å². The van der Waals surface area contributed by atoms with E-state index < -0.39 is 0 Å². The molecule has 0 spiro atoms. The van der Waals surface area contributed by atoms with E-state index in [0.717, 1.165) is 6.42 Å². The molecule has 0 amide bonds. The van der Waals surface area contributed by atoms with Crippen LogP contribution in [0.3, 0.4) is 0 Å². The quantitative estimate of drug-likeness (QED) is 0.315. The van der Waals surface area contributed by atoms with Gasteiger partial charge in [-0.15, -0.1) is 0 Å². The molecule has 0 saturated carbocycles. The van der Waals surface area contributed by atoms with Crippen molar-refractivity contribution in [3.05, 3.63) is 70.3 Å². The largest absolute Gasteiger partial charge is 0.0654 e. The van der Waals surface area contributed by atoms with E-state index in [0.29, 0.717) is 0 Å². The predicted octanol–water partition coefficient (Wildman–Crippen LogP) is 8.16. The minimum Gasteiger partial charge on any atom is -0.0654 e. The molecular formula is C27H39. The lowest BCUT2D eigenvalue weighted by Crippen LogP contribution is -1.97. The molecule has 0 saturated heterocycles. The molecule has 1 radical (unpaired) electrons. The van der Waals surface area contributed by atoms with Crippen molar-refractivity contribution in [3.63, 3.8) is 0 Å². The second-order valence-corrected chi connectivity index (χ2v) is 8.24. The summed E-state index contributed by atoms with van der Waals surface area (Å²) >= 11 is 0. The first-order valence-corrected chi connectivity index (χ1v) is 11.2. The van der Waals surface area contributed by atoms with E-state index in [1.54, 1.807) is 0 Å². The normalized spacial score (nSPS) is 11.1. The fourth-order valence-corrected chi connectivity index (χ4v) is 4.06. The standard InChI is InChI=1S/C27H39/c1-4-5-6-7-8-9-10-11-12-13-16-26-17-14-15-18-27(26)22-25-20-23(2)19-24(3)21-25/h14-15,17-20H,4-13,16,22H2,1-3H3. The van der Waals surface area contributed by atoms with Crippen molar-refractivity contribution < 1.29 is 0 Å². The molecule has 2 aromatic rings. The van der Waals surface area contributed by atoms with Gasteiger partial charge in [-0.2, -0.15) is 0 Å². The van der Waals surface area contributed by atoms with Crippen LogP contribution in [0, 0.1) is 19.9 Å². The highest BCUT2D eigenvalue weighted by molar-refractivity contribution is 5.35. The van der Waals surface area contributed by atoms with Crippen LogP contribution in [-0.4, -0.2) is 0 Å². The van der Waals surface area contributed by atoms with Crippen LogP contribution in [-0.2, 0) is 12.8 Å². The molecule has 27 heavy (non-hydrogen) atoms. The van der Waals surface area contributed by atoms with Crippen LogP contribution in [0.5, 0.6) is 0 Å². The fourth-order valence-electron chi connectivity index (χ4n) is 4.06. The van der Waals surface area contributed by atoms with Crippen LogP contribution in [0.2, 0.25) is 0 Å². The van der Waals surface area contributed by atoms with E-state index in [-0.39, 0.29) is 0 Å². The maximum Gasteiger partial charge on any atom is -0.00167 e. The number of rotatable bonds is 13. The van der Waals surface area contributed by atoms with E-state index in [2.05, 4.69) is 63.2 Å². The zero-order valence-electron chi connectivity index (χ0n) is 17.9. The zero-order chi connectivity index (χ0) is 19.3. The molecule has 2 aromatic carbocycles. The van der Waals surface area contributed by atoms with Gasteiger partial charge in [0.05, 0.1) is 0 Å². The van der Waals surface area contributed by atoms with E-state index in [4.69, 9.17) is 0 Å². The van der Waals surface area contributed by atoms with Gasteiger partial charge in [0.2, 0.25) is 0 Å². The second kappa shape index (κ2) is 12.8. The lowest BCUT2D eigenvalue weighted by atomic mass is 9.94. The zero-order valence-corrected chi connectivity index (χ0v) is 17.9. The Bertz CT molecular complexity index is 633. The molecule has 2 rings (SSSR count). The number of benzene rings is 2. The van der Waals surface area contributed by atoms with Crippen molar-refractivity contribution >= 4 is 0 Å². The molecule has 0 unspecified atom stereocenters. The molecule has 0 aliphatic carbocycles. The van der Waals surface area contributed by atoms with Gasteiger partial charge in [-0.1, -0.05) is 107 Å². The summed E-state index contributed by atoms with van der Waals surface area (Å²) in [6.45, 7) is 6.62. The molecule has 0 bridgehead atoms. The van der Waals surface area contributed by atoms with Crippen LogP contribution in [0.1, 0.15) is 98.9 Å². The first kappa shape index (κ1) is 21.7. The molecular weight excluding hydrogens is 324 g/mol. The molecule has 0 heterocycles. The minimum absolute atomic E-state index is 1.01. The summed E-state index contributed by atoms with van der Waals surface area (Å²) in [6, 6.07) is 17.0. The summed E-state index contributed by atoms with van der Waals surface area (Å²) < 4.78 is 0. The molecule has 147 valence electrons. The highest BCUT2D eigenvalue weighted by atomic mass is 14.1. The van der Waals surface area contributed by atoms with E-state index in [1.807, 2.05) is 0 Å². The van der Waals surface area contributed by atoms with Gasteiger partial charge in [-0.25, -0.2) is 0 Å². The number of hydrogen-bond donors (Lipinski definition) is 0. The molecule has 0 atom stereocenters. The summed E-state index contributed by atoms with van der Waals surface area (Å²) in [5, 5.41) is 0.